The van der Waals surface area contributed by atoms with Crippen LogP contribution in [-0.4, -0.2) is 121 Å². The van der Waals surface area contributed by atoms with E-state index in [4.69, 9.17) is 18.9 Å². The highest BCUT2D eigenvalue weighted by molar-refractivity contribution is 5.66. The Morgan fingerprint density at radius 3 is 2.34 bits per heavy atom. The van der Waals surface area contributed by atoms with Gasteiger partial charge in [-0.15, -0.1) is 0 Å². The molecule has 1 heterocycles. The smallest absolute Gasteiger partial charge is 0.303 e. The normalized spacial score (nSPS) is 37.7. The zero-order chi connectivity index (χ0) is 25.9. The van der Waals surface area contributed by atoms with Crippen molar-refractivity contribution in [1.29, 1.82) is 0 Å². The number of aliphatic hydroxyl groups is 6. The molecule has 0 amide bonds. The van der Waals surface area contributed by atoms with Crippen LogP contribution in [0.2, 0.25) is 0 Å². The minimum absolute atomic E-state index is 0.0245. The number of carbonyl (C=O) groups is 1. The Balaban J connectivity index is 1.76. The minimum Gasteiger partial charge on any atom is -0.504 e. The van der Waals surface area contributed by atoms with Crippen LogP contribution in [0.15, 0.2) is 18.2 Å². The maximum atomic E-state index is 11.8. The molecule has 1 aliphatic carbocycles. The third-order valence-electron chi connectivity index (χ3n) is 6.09. The highest BCUT2D eigenvalue weighted by Crippen LogP contribution is 2.32. The summed E-state index contributed by atoms with van der Waals surface area (Å²) in [6.07, 6.45) is -14.6. The van der Waals surface area contributed by atoms with Crippen LogP contribution in [0.4, 0.5) is 0 Å². The first-order valence-electron chi connectivity index (χ1n) is 11.1. The van der Waals surface area contributed by atoms with Crippen molar-refractivity contribution in [2.75, 3.05) is 13.2 Å². The first-order valence-corrected chi connectivity index (χ1v) is 11.1. The highest BCUT2D eigenvalue weighted by atomic mass is 16.7. The van der Waals surface area contributed by atoms with Gasteiger partial charge in [-0.1, -0.05) is 6.07 Å². The number of phenolic OH excluding ortho intramolecular Hbond substituents is 2. The van der Waals surface area contributed by atoms with Gasteiger partial charge in [-0.2, -0.15) is 0 Å². The fraction of sp³-hybridized carbons (Fsp3) is 0.682. The van der Waals surface area contributed by atoms with Gasteiger partial charge in [0.2, 0.25) is 0 Å². The highest BCUT2D eigenvalue weighted by Gasteiger charge is 2.52. The van der Waals surface area contributed by atoms with Gasteiger partial charge < -0.3 is 59.8 Å². The van der Waals surface area contributed by atoms with Crippen molar-refractivity contribution in [2.24, 2.45) is 0 Å². The lowest BCUT2D eigenvalue weighted by Crippen LogP contribution is -2.64. The third-order valence-corrected chi connectivity index (χ3v) is 6.09. The van der Waals surface area contributed by atoms with Gasteiger partial charge in [-0.3, -0.25) is 4.79 Å². The van der Waals surface area contributed by atoms with Crippen LogP contribution < -0.4 is 0 Å². The topological polar surface area (TPSA) is 216 Å². The number of esters is 1. The second-order valence-electron chi connectivity index (χ2n) is 8.65. The molecule has 35 heavy (non-hydrogen) atoms. The largest absolute Gasteiger partial charge is 0.504 e. The van der Waals surface area contributed by atoms with Crippen LogP contribution in [0.1, 0.15) is 18.9 Å². The minimum atomic E-state index is -1.73. The summed E-state index contributed by atoms with van der Waals surface area (Å²) in [6.45, 7) is 0.428. The quantitative estimate of drug-likeness (QED) is 0.133. The van der Waals surface area contributed by atoms with Crippen molar-refractivity contribution < 1.29 is 64.6 Å². The average Bonchev–Trinajstić information content (AvgIpc) is 2.81. The van der Waals surface area contributed by atoms with E-state index in [9.17, 15) is 45.6 Å². The summed E-state index contributed by atoms with van der Waals surface area (Å²) in [4.78, 5) is 11.8. The molecule has 2 fully saturated rings. The van der Waals surface area contributed by atoms with Crippen molar-refractivity contribution in [2.45, 2.75) is 81.0 Å². The van der Waals surface area contributed by atoms with Gasteiger partial charge in [-0.05, 0) is 24.1 Å². The van der Waals surface area contributed by atoms with E-state index in [1.54, 1.807) is 6.07 Å². The number of carbonyl (C=O) groups excluding carboxylic acids is 1. The average molecular weight is 504 g/mol. The van der Waals surface area contributed by atoms with Gasteiger partial charge in [0.25, 0.3) is 0 Å². The number of hydrogen-bond acceptors (Lipinski definition) is 13. The number of ether oxygens (including phenoxy) is 4. The van der Waals surface area contributed by atoms with Gasteiger partial charge >= 0.3 is 5.97 Å². The molecule has 0 unspecified atom stereocenters. The lowest BCUT2D eigenvalue weighted by Gasteiger charge is -2.46. The summed E-state index contributed by atoms with van der Waals surface area (Å²) in [7, 11) is 0. The predicted molar refractivity (Wildman–Crippen MR) is 114 cm³/mol. The van der Waals surface area contributed by atoms with E-state index < -0.39 is 73.8 Å². The Morgan fingerprint density at radius 2 is 1.71 bits per heavy atom. The summed E-state index contributed by atoms with van der Waals surface area (Å²) in [6, 6.07) is 4.21. The van der Waals surface area contributed by atoms with Gasteiger partial charge in [0, 0.05) is 13.3 Å². The molecule has 1 aromatic rings. The molecule has 3 rings (SSSR count). The first-order chi connectivity index (χ1) is 16.5. The Morgan fingerprint density at radius 1 is 1.00 bits per heavy atom. The predicted octanol–water partition coefficient (Wildman–Crippen LogP) is -2.73. The van der Waals surface area contributed by atoms with Gasteiger partial charge in [0.05, 0.1) is 25.4 Å². The Bertz CT molecular complexity index is 851. The second-order valence-corrected chi connectivity index (χ2v) is 8.65. The van der Waals surface area contributed by atoms with Gasteiger partial charge in [0.1, 0.15) is 36.6 Å². The number of rotatable bonds is 8. The lowest BCUT2D eigenvalue weighted by molar-refractivity contribution is -0.323. The fourth-order valence-corrected chi connectivity index (χ4v) is 4.17. The number of phenols is 2. The molecule has 1 aromatic carbocycles. The summed E-state index contributed by atoms with van der Waals surface area (Å²) in [5.41, 5.74) is 0.610. The van der Waals surface area contributed by atoms with Crippen molar-refractivity contribution >= 4 is 5.97 Å². The van der Waals surface area contributed by atoms with E-state index in [-0.39, 0.29) is 30.9 Å². The third kappa shape index (κ3) is 6.39. The van der Waals surface area contributed by atoms with Crippen molar-refractivity contribution in [3.63, 3.8) is 0 Å². The van der Waals surface area contributed by atoms with Gasteiger partial charge in [-0.25, -0.2) is 0 Å². The molecule has 1 saturated heterocycles. The van der Waals surface area contributed by atoms with E-state index in [2.05, 4.69) is 0 Å². The number of benzene rings is 1. The second kappa shape index (κ2) is 11.8. The SMILES string of the molecule is CC(=O)O[C@H]1[C@H](OCCc2ccc(O)c(O)c2)O[C@H](CO)[C@@H](O)[C@@H]1O[C@@H]1C[C@@H](O)[C@H](O)[C@@H](O)[C@H]1O. The molecule has 8 N–H and O–H groups in total. The molecule has 13 nitrogen and oxygen atoms in total. The van der Waals surface area contributed by atoms with E-state index in [0.29, 0.717) is 5.56 Å². The molecule has 198 valence electrons. The molecule has 0 bridgehead atoms. The fourth-order valence-electron chi connectivity index (χ4n) is 4.17. The van der Waals surface area contributed by atoms with Crippen molar-refractivity contribution in [3.8, 4) is 11.5 Å². The molecular formula is C22H32O13. The monoisotopic (exact) mass is 504 g/mol. The lowest BCUT2D eigenvalue weighted by atomic mass is 9.86. The molecule has 1 saturated carbocycles. The summed E-state index contributed by atoms with van der Waals surface area (Å²) < 4.78 is 22.3. The Hall–Kier alpha value is -2.07. The van der Waals surface area contributed by atoms with Crippen LogP contribution in [0.5, 0.6) is 11.5 Å². The van der Waals surface area contributed by atoms with Crippen molar-refractivity contribution in [1.82, 2.24) is 0 Å². The first kappa shape index (κ1) is 27.5. The van der Waals surface area contributed by atoms with E-state index in [1.807, 2.05) is 0 Å². The summed E-state index contributed by atoms with van der Waals surface area (Å²) in [5.74, 6) is -1.36. The standard InChI is InChI=1S/C22H32O13/c1-9(24)33-21-20(34-14-7-13(27)16(28)19(31)17(14)29)18(30)15(8-23)35-22(21)32-5-4-10-2-3-11(25)12(26)6-10/h2-3,6,13-23,25-31H,4-5,7-8H2,1H3/t13-,14-,15-,16+,17+,18-,19-,20+,21-,22-/m1/s1. The molecule has 1 aliphatic heterocycles. The molecule has 0 aromatic heterocycles. The maximum Gasteiger partial charge on any atom is 0.303 e. The Labute approximate surface area is 200 Å². The number of hydrogen-bond donors (Lipinski definition) is 8. The zero-order valence-electron chi connectivity index (χ0n) is 19.0. The molecule has 0 spiro atoms. The van der Waals surface area contributed by atoms with E-state index in [0.717, 1.165) is 6.92 Å². The molecule has 0 radical (unpaired) electrons. The van der Waals surface area contributed by atoms with Crippen LogP contribution in [0.3, 0.4) is 0 Å². The zero-order valence-corrected chi connectivity index (χ0v) is 19.0. The van der Waals surface area contributed by atoms with Gasteiger partial charge in [0.15, 0.2) is 23.9 Å². The number of aromatic hydroxyl groups is 2. The van der Waals surface area contributed by atoms with Crippen molar-refractivity contribution in [3.05, 3.63) is 23.8 Å². The van der Waals surface area contributed by atoms with Crippen LogP contribution >= 0.6 is 0 Å². The summed E-state index contributed by atoms with van der Waals surface area (Å²) >= 11 is 0. The number of aliphatic hydroxyl groups excluding tert-OH is 6. The van der Waals surface area contributed by atoms with Crippen LogP contribution in [-0.2, 0) is 30.2 Å². The molecule has 10 atom stereocenters. The molecule has 13 heteroatoms. The Kier molecular flexibility index (Phi) is 9.26. The maximum absolute atomic E-state index is 11.8. The molecular weight excluding hydrogens is 472 g/mol. The van der Waals surface area contributed by atoms with Crippen LogP contribution in [0, 0.1) is 0 Å². The molecule has 2 aliphatic rings. The van der Waals surface area contributed by atoms with E-state index >= 15 is 0 Å². The summed E-state index contributed by atoms with van der Waals surface area (Å²) in [5, 5.41) is 79.5. The van der Waals surface area contributed by atoms with Crippen LogP contribution in [0.25, 0.3) is 0 Å². The van der Waals surface area contributed by atoms with E-state index in [1.165, 1.54) is 12.1 Å².